The van der Waals surface area contributed by atoms with Crippen LogP contribution >= 0.6 is 0 Å². The number of ether oxygens (including phenoxy) is 2. The number of carbonyl (C=O) groups is 2. The van der Waals surface area contributed by atoms with E-state index in [1.54, 1.807) is 38.0 Å². The van der Waals surface area contributed by atoms with Crippen LogP contribution in [0.3, 0.4) is 0 Å². The van der Waals surface area contributed by atoms with Crippen LogP contribution in [0.1, 0.15) is 0 Å². The normalized spacial score (nSPS) is 14.2. The van der Waals surface area contributed by atoms with Gasteiger partial charge in [-0.3, -0.25) is 0 Å². The first kappa shape index (κ1) is 18.8. The van der Waals surface area contributed by atoms with Crippen molar-refractivity contribution in [1.82, 2.24) is 9.80 Å². The lowest BCUT2D eigenvalue weighted by Crippen LogP contribution is -2.42. The molecule has 0 aromatic carbocycles. The zero-order chi connectivity index (χ0) is 15.7. The molecular weight excluding hydrogens is 268 g/mol. The first-order chi connectivity index (χ1) is 9.25. The molecule has 0 aliphatic rings. The van der Waals surface area contributed by atoms with Crippen molar-refractivity contribution in [3.63, 3.8) is 0 Å². The molecule has 0 radical (unpaired) electrons. The number of rotatable bonds is 9. The van der Waals surface area contributed by atoms with Gasteiger partial charge in [0, 0.05) is 13.1 Å². The predicted octanol–water partition coefficient (Wildman–Crippen LogP) is -2.08. The summed E-state index contributed by atoms with van der Waals surface area (Å²) in [4.78, 5) is 26.3. The molecule has 2 unspecified atom stereocenters. The fourth-order valence-electron chi connectivity index (χ4n) is 1.09. The van der Waals surface area contributed by atoms with Gasteiger partial charge in [-0.25, -0.2) is 9.59 Å². The van der Waals surface area contributed by atoms with E-state index in [-0.39, 0.29) is 13.2 Å². The van der Waals surface area contributed by atoms with Crippen molar-refractivity contribution < 1.29 is 29.3 Å². The molecule has 0 aliphatic heterocycles. The second-order valence-electron chi connectivity index (χ2n) is 4.83. The monoisotopic (exact) mass is 292 g/mol. The molecule has 0 saturated heterocycles. The second kappa shape index (κ2) is 9.65. The van der Waals surface area contributed by atoms with Crippen LogP contribution in [-0.2, 0) is 19.1 Å². The summed E-state index contributed by atoms with van der Waals surface area (Å²) in [6.45, 7) is 1.07. The highest BCUT2D eigenvalue weighted by atomic mass is 16.6. The molecule has 0 spiro atoms. The summed E-state index contributed by atoms with van der Waals surface area (Å²) in [6, 6.07) is 0. The summed E-state index contributed by atoms with van der Waals surface area (Å²) in [7, 11) is 7.17. The van der Waals surface area contributed by atoms with Gasteiger partial charge in [-0.1, -0.05) is 0 Å². The number of hydrogen-bond acceptors (Lipinski definition) is 8. The maximum absolute atomic E-state index is 11.4. The van der Waals surface area contributed by atoms with Gasteiger partial charge in [0.1, 0.15) is 13.2 Å². The Hall–Kier alpha value is -1.22. The van der Waals surface area contributed by atoms with Gasteiger partial charge in [0.05, 0.1) is 0 Å². The van der Waals surface area contributed by atoms with E-state index >= 15 is 0 Å². The van der Waals surface area contributed by atoms with Crippen LogP contribution in [0.2, 0.25) is 0 Å². The van der Waals surface area contributed by atoms with Gasteiger partial charge < -0.3 is 29.5 Å². The summed E-state index contributed by atoms with van der Waals surface area (Å²) in [5.74, 6) is -2.10. The van der Waals surface area contributed by atoms with E-state index in [2.05, 4.69) is 0 Å². The average molecular weight is 292 g/mol. The third kappa shape index (κ3) is 8.05. The molecular formula is C12H24N2O6. The summed E-state index contributed by atoms with van der Waals surface area (Å²) in [5, 5.41) is 19.0. The maximum Gasteiger partial charge on any atom is 0.338 e. The minimum atomic E-state index is -1.94. The molecule has 0 aromatic heterocycles. The summed E-state index contributed by atoms with van der Waals surface area (Å²) >= 11 is 0. The lowest BCUT2D eigenvalue weighted by atomic mass is 10.2. The first-order valence-electron chi connectivity index (χ1n) is 6.24. The number of aliphatic hydroxyl groups excluding tert-OH is 2. The van der Waals surface area contributed by atoms with Crippen molar-refractivity contribution in [3.8, 4) is 0 Å². The molecule has 2 atom stereocenters. The smallest absolute Gasteiger partial charge is 0.338 e. The zero-order valence-electron chi connectivity index (χ0n) is 12.4. The number of esters is 2. The highest BCUT2D eigenvalue weighted by molar-refractivity contribution is 5.85. The van der Waals surface area contributed by atoms with E-state index < -0.39 is 24.1 Å². The molecule has 0 amide bonds. The fourth-order valence-corrected chi connectivity index (χ4v) is 1.09. The van der Waals surface area contributed by atoms with Gasteiger partial charge in [0.15, 0.2) is 12.2 Å². The standard InChI is InChI=1S/C12H24N2O6/c1-13(2)5-7-19-11(17)9(15)10(16)12(18)20-8-6-14(3)4/h9-10,15-16H,5-8H2,1-4H3. The Bertz CT molecular complexity index is 278. The van der Waals surface area contributed by atoms with Gasteiger partial charge in [-0.15, -0.1) is 0 Å². The molecule has 0 aromatic rings. The highest BCUT2D eigenvalue weighted by Crippen LogP contribution is 2.00. The van der Waals surface area contributed by atoms with Crippen molar-refractivity contribution in [1.29, 1.82) is 0 Å². The maximum atomic E-state index is 11.4. The van der Waals surface area contributed by atoms with Crippen LogP contribution in [0.5, 0.6) is 0 Å². The van der Waals surface area contributed by atoms with Crippen molar-refractivity contribution in [2.75, 3.05) is 54.5 Å². The molecule has 0 heterocycles. The van der Waals surface area contributed by atoms with Gasteiger partial charge in [-0.2, -0.15) is 0 Å². The molecule has 0 fully saturated rings. The van der Waals surface area contributed by atoms with E-state index in [0.717, 1.165) is 0 Å². The van der Waals surface area contributed by atoms with Gasteiger partial charge in [-0.05, 0) is 28.2 Å². The largest absolute Gasteiger partial charge is 0.462 e. The molecule has 8 nitrogen and oxygen atoms in total. The third-order valence-corrected chi connectivity index (χ3v) is 2.35. The van der Waals surface area contributed by atoms with Crippen molar-refractivity contribution in [2.24, 2.45) is 0 Å². The Morgan fingerprint density at radius 2 is 1.15 bits per heavy atom. The molecule has 0 bridgehead atoms. The van der Waals surface area contributed by atoms with Crippen LogP contribution < -0.4 is 0 Å². The SMILES string of the molecule is CN(C)CCOC(=O)C(O)C(O)C(=O)OCCN(C)C. The van der Waals surface area contributed by atoms with Crippen molar-refractivity contribution in [2.45, 2.75) is 12.2 Å². The fraction of sp³-hybridized carbons (Fsp3) is 0.833. The molecule has 2 N–H and O–H groups in total. The average Bonchev–Trinajstić information content (AvgIpc) is 2.35. The highest BCUT2D eigenvalue weighted by Gasteiger charge is 2.32. The number of aliphatic hydroxyl groups is 2. The molecule has 0 aliphatic carbocycles. The molecule has 8 heteroatoms. The second-order valence-corrected chi connectivity index (χ2v) is 4.83. The van der Waals surface area contributed by atoms with Crippen molar-refractivity contribution >= 4 is 11.9 Å². The topological polar surface area (TPSA) is 99.5 Å². The molecule has 0 rings (SSSR count). The van der Waals surface area contributed by atoms with E-state index in [0.29, 0.717) is 13.1 Å². The lowest BCUT2D eigenvalue weighted by molar-refractivity contribution is -0.173. The van der Waals surface area contributed by atoms with Crippen LogP contribution in [-0.4, -0.2) is 98.7 Å². The van der Waals surface area contributed by atoms with E-state index in [4.69, 9.17) is 9.47 Å². The van der Waals surface area contributed by atoms with Crippen LogP contribution in [0.25, 0.3) is 0 Å². The Morgan fingerprint density at radius 3 is 1.40 bits per heavy atom. The Kier molecular flexibility index (Phi) is 9.06. The number of nitrogens with zero attached hydrogens (tertiary/aromatic N) is 2. The summed E-state index contributed by atoms with van der Waals surface area (Å²) in [6.07, 6.45) is -3.88. The first-order valence-corrected chi connectivity index (χ1v) is 6.24. The molecule has 20 heavy (non-hydrogen) atoms. The van der Waals surface area contributed by atoms with Gasteiger partial charge >= 0.3 is 11.9 Å². The Morgan fingerprint density at radius 1 is 0.850 bits per heavy atom. The van der Waals surface area contributed by atoms with Crippen LogP contribution in [0.15, 0.2) is 0 Å². The van der Waals surface area contributed by atoms with Gasteiger partial charge in [0.2, 0.25) is 0 Å². The zero-order valence-corrected chi connectivity index (χ0v) is 12.4. The lowest BCUT2D eigenvalue weighted by Gasteiger charge is -2.17. The number of hydrogen-bond donors (Lipinski definition) is 2. The minimum Gasteiger partial charge on any atom is -0.462 e. The van der Waals surface area contributed by atoms with E-state index in [9.17, 15) is 19.8 Å². The summed E-state index contributed by atoms with van der Waals surface area (Å²) in [5.41, 5.74) is 0. The third-order valence-electron chi connectivity index (χ3n) is 2.35. The predicted molar refractivity (Wildman–Crippen MR) is 71.0 cm³/mol. The minimum absolute atomic E-state index is 0.0608. The van der Waals surface area contributed by atoms with Gasteiger partial charge in [0.25, 0.3) is 0 Å². The Labute approximate surface area is 118 Å². The summed E-state index contributed by atoms with van der Waals surface area (Å²) < 4.78 is 9.44. The number of likely N-dealkylation sites (N-methyl/N-ethyl adjacent to an activating group) is 2. The number of carbonyl (C=O) groups excluding carboxylic acids is 2. The van der Waals surface area contributed by atoms with Crippen molar-refractivity contribution in [3.05, 3.63) is 0 Å². The van der Waals surface area contributed by atoms with Crippen LogP contribution in [0.4, 0.5) is 0 Å². The van der Waals surface area contributed by atoms with E-state index in [1.807, 2.05) is 0 Å². The van der Waals surface area contributed by atoms with E-state index in [1.165, 1.54) is 0 Å². The Balaban J connectivity index is 4.07. The quantitative estimate of drug-likeness (QED) is 0.467. The van der Waals surface area contributed by atoms with Crippen LogP contribution in [0, 0.1) is 0 Å². The molecule has 118 valence electrons. The molecule has 0 saturated carbocycles.